The lowest BCUT2D eigenvalue weighted by Gasteiger charge is -1.97. The predicted molar refractivity (Wildman–Crippen MR) is 87.4 cm³/mol. The molecule has 0 aliphatic rings. The minimum Gasteiger partial charge on any atom is -0.256 e. The molecule has 0 atom stereocenters. The standard InChI is InChI=1S/C18H11FN2S/c19-15-6-4-13(5-7-15)18-9-8-16(22-18)11-14(12-20)17-3-1-2-10-21-17/h1-11H. The van der Waals surface area contributed by atoms with Gasteiger partial charge in [-0.15, -0.1) is 11.3 Å². The van der Waals surface area contributed by atoms with Crippen molar-refractivity contribution in [3.63, 3.8) is 0 Å². The van der Waals surface area contributed by atoms with Crippen molar-refractivity contribution in [1.29, 1.82) is 5.26 Å². The number of benzene rings is 1. The third-order valence-electron chi connectivity index (χ3n) is 3.10. The van der Waals surface area contributed by atoms with Crippen molar-refractivity contribution in [3.8, 4) is 16.5 Å². The monoisotopic (exact) mass is 306 g/mol. The fraction of sp³-hybridized carbons (Fsp3) is 0. The summed E-state index contributed by atoms with van der Waals surface area (Å²) in [4.78, 5) is 6.18. The Bertz CT molecular complexity index is 843. The van der Waals surface area contributed by atoms with Gasteiger partial charge in [0.15, 0.2) is 0 Å². The molecule has 22 heavy (non-hydrogen) atoms. The first-order valence-corrected chi connectivity index (χ1v) is 7.47. The first-order valence-electron chi connectivity index (χ1n) is 6.65. The lowest BCUT2D eigenvalue weighted by Crippen LogP contribution is -1.84. The molecule has 0 amide bonds. The second-order valence-electron chi connectivity index (χ2n) is 4.59. The summed E-state index contributed by atoms with van der Waals surface area (Å²) in [5.74, 6) is -0.248. The fourth-order valence-corrected chi connectivity index (χ4v) is 2.98. The quantitative estimate of drug-likeness (QED) is 0.637. The van der Waals surface area contributed by atoms with E-state index in [1.807, 2.05) is 36.4 Å². The molecule has 1 aromatic carbocycles. The number of hydrogen-bond acceptors (Lipinski definition) is 3. The molecule has 0 saturated carbocycles. The second kappa shape index (κ2) is 6.33. The van der Waals surface area contributed by atoms with Gasteiger partial charge < -0.3 is 0 Å². The van der Waals surface area contributed by atoms with Crippen LogP contribution in [0.2, 0.25) is 0 Å². The van der Waals surface area contributed by atoms with E-state index in [-0.39, 0.29) is 5.82 Å². The molecule has 2 nitrogen and oxygen atoms in total. The van der Waals surface area contributed by atoms with E-state index in [4.69, 9.17) is 0 Å². The van der Waals surface area contributed by atoms with Crippen molar-refractivity contribution in [2.75, 3.05) is 0 Å². The summed E-state index contributed by atoms with van der Waals surface area (Å²) in [5.41, 5.74) is 2.14. The van der Waals surface area contributed by atoms with Gasteiger partial charge in [-0.2, -0.15) is 5.26 Å². The predicted octanol–water partition coefficient (Wildman–Crippen LogP) is 5.01. The first-order chi connectivity index (χ1) is 10.8. The van der Waals surface area contributed by atoms with Crippen LogP contribution in [0.1, 0.15) is 10.6 Å². The molecule has 0 fully saturated rings. The van der Waals surface area contributed by atoms with Gasteiger partial charge in [0.2, 0.25) is 0 Å². The van der Waals surface area contributed by atoms with Gasteiger partial charge in [0.25, 0.3) is 0 Å². The number of nitriles is 1. The number of halogens is 1. The Kier molecular flexibility index (Phi) is 4.08. The topological polar surface area (TPSA) is 36.7 Å². The largest absolute Gasteiger partial charge is 0.256 e. The number of hydrogen-bond donors (Lipinski definition) is 0. The SMILES string of the molecule is N#CC(=Cc1ccc(-c2ccc(F)cc2)s1)c1ccccn1. The van der Waals surface area contributed by atoms with E-state index in [0.717, 1.165) is 15.3 Å². The zero-order chi connectivity index (χ0) is 15.4. The molecule has 3 aromatic rings. The average Bonchev–Trinajstić information content (AvgIpc) is 3.03. The van der Waals surface area contributed by atoms with Crippen molar-refractivity contribution >= 4 is 23.0 Å². The van der Waals surface area contributed by atoms with E-state index in [9.17, 15) is 9.65 Å². The summed E-state index contributed by atoms with van der Waals surface area (Å²) in [6, 6.07) is 18.0. The summed E-state index contributed by atoms with van der Waals surface area (Å²) < 4.78 is 13.0. The highest BCUT2D eigenvalue weighted by molar-refractivity contribution is 7.16. The molecule has 0 N–H and O–H groups in total. The van der Waals surface area contributed by atoms with Gasteiger partial charge in [0.1, 0.15) is 11.9 Å². The molecule has 0 bridgehead atoms. The molecular formula is C18H11FN2S. The number of thiophene rings is 1. The minimum atomic E-state index is -0.248. The summed E-state index contributed by atoms with van der Waals surface area (Å²) in [6.07, 6.45) is 3.49. The zero-order valence-electron chi connectivity index (χ0n) is 11.5. The Labute approximate surface area is 131 Å². The Morgan fingerprint density at radius 1 is 1.09 bits per heavy atom. The van der Waals surface area contributed by atoms with Crippen LogP contribution in [0.3, 0.4) is 0 Å². The van der Waals surface area contributed by atoms with E-state index >= 15 is 0 Å². The van der Waals surface area contributed by atoms with Gasteiger partial charge in [-0.3, -0.25) is 4.98 Å². The molecule has 0 aliphatic heterocycles. The van der Waals surface area contributed by atoms with E-state index in [1.165, 1.54) is 12.1 Å². The zero-order valence-corrected chi connectivity index (χ0v) is 12.3. The van der Waals surface area contributed by atoms with E-state index in [1.54, 1.807) is 29.7 Å². The maximum atomic E-state index is 13.0. The molecule has 0 saturated heterocycles. The van der Waals surface area contributed by atoms with Gasteiger partial charge >= 0.3 is 0 Å². The van der Waals surface area contributed by atoms with Gasteiger partial charge in [-0.25, -0.2) is 4.39 Å². The molecule has 3 rings (SSSR count). The summed E-state index contributed by atoms with van der Waals surface area (Å²) in [6.45, 7) is 0. The molecule has 0 unspecified atom stereocenters. The summed E-state index contributed by atoms with van der Waals surface area (Å²) in [5, 5.41) is 9.30. The third-order valence-corrected chi connectivity index (χ3v) is 4.18. The molecule has 0 aliphatic carbocycles. The fourth-order valence-electron chi connectivity index (χ4n) is 2.03. The number of nitrogens with zero attached hydrogens (tertiary/aromatic N) is 2. The molecule has 106 valence electrons. The second-order valence-corrected chi connectivity index (χ2v) is 5.71. The Hall–Kier alpha value is -2.77. The Morgan fingerprint density at radius 2 is 1.91 bits per heavy atom. The van der Waals surface area contributed by atoms with Crippen LogP contribution in [-0.4, -0.2) is 4.98 Å². The number of pyridine rings is 1. The highest BCUT2D eigenvalue weighted by Crippen LogP contribution is 2.30. The Balaban J connectivity index is 1.92. The van der Waals surface area contributed by atoms with Crippen molar-refractivity contribution in [2.24, 2.45) is 0 Å². The van der Waals surface area contributed by atoms with Crippen LogP contribution in [0.15, 0.2) is 60.8 Å². The van der Waals surface area contributed by atoms with Crippen LogP contribution in [-0.2, 0) is 0 Å². The normalized spacial score (nSPS) is 11.2. The van der Waals surface area contributed by atoms with Crippen LogP contribution in [0, 0.1) is 17.1 Å². The van der Waals surface area contributed by atoms with Crippen molar-refractivity contribution in [3.05, 3.63) is 77.2 Å². The van der Waals surface area contributed by atoms with Crippen molar-refractivity contribution in [2.45, 2.75) is 0 Å². The first kappa shape index (κ1) is 14.2. The molecule has 4 heteroatoms. The van der Waals surface area contributed by atoms with Gasteiger partial charge in [0, 0.05) is 16.0 Å². The van der Waals surface area contributed by atoms with Crippen molar-refractivity contribution in [1.82, 2.24) is 4.98 Å². The molecule has 0 radical (unpaired) electrons. The number of allylic oxidation sites excluding steroid dienone is 1. The van der Waals surface area contributed by atoms with Crippen LogP contribution < -0.4 is 0 Å². The van der Waals surface area contributed by atoms with Crippen LogP contribution in [0.4, 0.5) is 4.39 Å². The minimum absolute atomic E-state index is 0.248. The highest BCUT2D eigenvalue weighted by Gasteiger charge is 2.05. The maximum absolute atomic E-state index is 13.0. The van der Waals surface area contributed by atoms with E-state index < -0.39 is 0 Å². The number of aromatic nitrogens is 1. The van der Waals surface area contributed by atoms with Crippen LogP contribution in [0.25, 0.3) is 22.1 Å². The highest BCUT2D eigenvalue weighted by atomic mass is 32.1. The summed E-state index contributed by atoms with van der Waals surface area (Å²) in [7, 11) is 0. The molecular weight excluding hydrogens is 295 g/mol. The average molecular weight is 306 g/mol. The molecule has 0 spiro atoms. The van der Waals surface area contributed by atoms with E-state index in [0.29, 0.717) is 11.3 Å². The lowest BCUT2D eigenvalue weighted by atomic mass is 10.1. The van der Waals surface area contributed by atoms with Crippen LogP contribution >= 0.6 is 11.3 Å². The summed E-state index contributed by atoms with van der Waals surface area (Å²) >= 11 is 1.55. The van der Waals surface area contributed by atoms with Crippen molar-refractivity contribution < 1.29 is 4.39 Å². The van der Waals surface area contributed by atoms with E-state index in [2.05, 4.69) is 11.1 Å². The smallest absolute Gasteiger partial charge is 0.123 e. The Morgan fingerprint density at radius 3 is 2.59 bits per heavy atom. The maximum Gasteiger partial charge on any atom is 0.123 e. The molecule has 2 aromatic heterocycles. The van der Waals surface area contributed by atoms with Gasteiger partial charge in [0.05, 0.1) is 11.3 Å². The van der Waals surface area contributed by atoms with Gasteiger partial charge in [-0.05, 0) is 48.0 Å². The van der Waals surface area contributed by atoms with Gasteiger partial charge in [-0.1, -0.05) is 18.2 Å². The number of rotatable bonds is 3. The van der Waals surface area contributed by atoms with Crippen LogP contribution in [0.5, 0.6) is 0 Å². The molecule has 2 heterocycles. The lowest BCUT2D eigenvalue weighted by molar-refractivity contribution is 0.628. The third kappa shape index (κ3) is 3.11.